The van der Waals surface area contributed by atoms with Gasteiger partial charge in [-0.3, -0.25) is 0 Å². The molecule has 0 fully saturated rings. The predicted molar refractivity (Wildman–Crippen MR) is 58.7 cm³/mol. The van der Waals surface area contributed by atoms with Gasteiger partial charge in [0.2, 0.25) is 0 Å². The minimum Gasteiger partial charge on any atom is -0.396 e. The van der Waals surface area contributed by atoms with Crippen molar-refractivity contribution in [3.05, 3.63) is 11.6 Å². The molecule has 1 atom stereocenters. The zero-order valence-corrected chi connectivity index (χ0v) is 9.69. The molecule has 0 bridgehead atoms. The van der Waals surface area contributed by atoms with E-state index in [0.29, 0.717) is 0 Å². The van der Waals surface area contributed by atoms with E-state index in [4.69, 9.17) is 5.11 Å². The maximum Gasteiger partial charge on any atom is 0.147 e. The van der Waals surface area contributed by atoms with E-state index in [1.54, 1.807) is 0 Å². The van der Waals surface area contributed by atoms with E-state index in [1.165, 1.54) is 0 Å². The Morgan fingerprint density at radius 2 is 2.20 bits per heavy atom. The summed E-state index contributed by atoms with van der Waals surface area (Å²) in [5.74, 6) is 1.72. The molecule has 2 N–H and O–H groups in total. The van der Waals surface area contributed by atoms with Crippen LogP contribution in [-0.4, -0.2) is 39.1 Å². The van der Waals surface area contributed by atoms with E-state index < -0.39 is 0 Å². The van der Waals surface area contributed by atoms with Crippen LogP contribution < -0.4 is 5.32 Å². The van der Waals surface area contributed by atoms with Crippen LogP contribution in [0.5, 0.6) is 0 Å². The van der Waals surface area contributed by atoms with Crippen LogP contribution in [0.3, 0.4) is 0 Å². The average molecular weight is 212 g/mol. The fraction of sp³-hybridized carbons (Fsp3) is 0.800. The quantitative estimate of drug-likeness (QED) is 0.710. The van der Waals surface area contributed by atoms with Crippen LogP contribution in [0.2, 0.25) is 0 Å². The molecule has 0 aromatic carbocycles. The Kier molecular flexibility index (Phi) is 4.71. The van der Waals surface area contributed by atoms with Crippen LogP contribution in [0.15, 0.2) is 0 Å². The van der Waals surface area contributed by atoms with Gasteiger partial charge < -0.3 is 10.4 Å². The van der Waals surface area contributed by atoms with Gasteiger partial charge in [-0.2, -0.15) is 5.10 Å². The van der Waals surface area contributed by atoms with Crippen LogP contribution in [0.4, 0.5) is 0 Å². The number of likely N-dealkylation sites (N-methyl/N-ethyl adjacent to an activating group) is 1. The van der Waals surface area contributed by atoms with Crippen molar-refractivity contribution < 1.29 is 5.11 Å². The highest BCUT2D eigenvalue weighted by molar-refractivity contribution is 4.88. The van der Waals surface area contributed by atoms with Crippen molar-refractivity contribution in [3.8, 4) is 0 Å². The van der Waals surface area contributed by atoms with Gasteiger partial charge in [0, 0.05) is 12.6 Å². The first-order valence-corrected chi connectivity index (χ1v) is 5.39. The summed E-state index contributed by atoms with van der Waals surface area (Å²) in [6, 6.07) is 0.264. The van der Waals surface area contributed by atoms with E-state index in [2.05, 4.69) is 22.3 Å². The van der Waals surface area contributed by atoms with Crippen molar-refractivity contribution in [1.29, 1.82) is 0 Å². The fourth-order valence-corrected chi connectivity index (χ4v) is 1.65. The molecule has 0 aliphatic carbocycles. The highest BCUT2D eigenvalue weighted by Crippen LogP contribution is 2.00. The minimum absolute atomic E-state index is 0.199. The zero-order chi connectivity index (χ0) is 11.3. The van der Waals surface area contributed by atoms with Gasteiger partial charge in [-0.15, -0.1) is 0 Å². The second-order valence-electron chi connectivity index (χ2n) is 3.66. The molecule has 1 aromatic heterocycles. The number of hydrogen-bond acceptors (Lipinski definition) is 4. The molecule has 0 saturated carbocycles. The number of aliphatic hydroxyl groups is 1. The number of aryl methyl sites for hydroxylation is 2. The Hall–Kier alpha value is -0.940. The molecular formula is C10H20N4O. The van der Waals surface area contributed by atoms with Crippen molar-refractivity contribution in [2.45, 2.75) is 39.8 Å². The van der Waals surface area contributed by atoms with Gasteiger partial charge in [0.05, 0.1) is 6.54 Å². The van der Waals surface area contributed by atoms with Crippen molar-refractivity contribution in [2.75, 3.05) is 13.2 Å². The molecule has 0 radical (unpaired) electrons. The smallest absolute Gasteiger partial charge is 0.147 e. The summed E-state index contributed by atoms with van der Waals surface area (Å²) >= 11 is 0. The molecule has 15 heavy (non-hydrogen) atoms. The third-order valence-electron chi connectivity index (χ3n) is 2.33. The number of nitrogens with zero attached hydrogens (tertiary/aromatic N) is 3. The van der Waals surface area contributed by atoms with Crippen LogP contribution in [0.1, 0.15) is 25.0 Å². The summed E-state index contributed by atoms with van der Waals surface area (Å²) in [5, 5.41) is 16.5. The lowest BCUT2D eigenvalue weighted by Crippen LogP contribution is -2.34. The van der Waals surface area contributed by atoms with Crippen LogP contribution in [-0.2, 0) is 6.54 Å². The summed E-state index contributed by atoms with van der Waals surface area (Å²) in [4.78, 5) is 4.25. The molecule has 1 heterocycles. The van der Waals surface area contributed by atoms with E-state index in [0.717, 1.165) is 31.2 Å². The molecule has 1 unspecified atom stereocenters. The Labute approximate surface area is 90.5 Å². The SMILES string of the molecule is CCNC(CCO)Cn1nc(C)nc1C. The average Bonchev–Trinajstić information content (AvgIpc) is 2.46. The lowest BCUT2D eigenvalue weighted by Gasteiger charge is -2.16. The summed E-state index contributed by atoms with van der Waals surface area (Å²) in [6.45, 7) is 7.76. The largest absolute Gasteiger partial charge is 0.396 e. The predicted octanol–water partition coefficient (Wildman–Crippen LogP) is 0.255. The second-order valence-corrected chi connectivity index (χ2v) is 3.66. The first-order valence-electron chi connectivity index (χ1n) is 5.39. The Morgan fingerprint density at radius 3 is 2.67 bits per heavy atom. The lowest BCUT2D eigenvalue weighted by molar-refractivity contribution is 0.254. The number of aromatic nitrogens is 3. The second kappa shape index (κ2) is 5.82. The maximum atomic E-state index is 8.93. The zero-order valence-electron chi connectivity index (χ0n) is 9.69. The van der Waals surface area contributed by atoms with Crippen LogP contribution in [0, 0.1) is 13.8 Å². The highest BCUT2D eigenvalue weighted by atomic mass is 16.3. The van der Waals surface area contributed by atoms with Crippen molar-refractivity contribution in [2.24, 2.45) is 0 Å². The minimum atomic E-state index is 0.199. The monoisotopic (exact) mass is 212 g/mol. The number of hydrogen-bond donors (Lipinski definition) is 2. The topological polar surface area (TPSA) is 63.0 Å². The third-order valence-corrected chi connectivity index (χ3v) is 2.33. The standard InChI is InChI=1S/C10H20N4O/c1-4-11-10(5-6-15)7-14-9(3)12-8(2)13-14/h10-11,15H,4-7H2,1-3H3. The molecular weight excluding hydrogens is 192 g/mol. The molecule has 86 valence electrons. The molecule has 0 amide bonds. The van der Waals surface area contributed by atoms with E-state index in [1.807, 2.05) is 18.5 Å². The van der Waals surface area contributed by atoms with Gasteiger partial charge in [0.25, 0.3) is 0 Å². The Morgan fingerprint density at radius 1 is 1.47 bits per heavy atom. The van der Waals surface area contributed by atoms with Crippen molar-refractivity contribution in [3.63, 3.8) is 0 Å². The number of nitrogens with one attached hydrogen (secondary N) is 1. The van der Waals surface area contributed by atoms with E-state index >= 15 is 0 Å². The van der Waals surface area contributed by atoms with Gasteiger partial charge in [-0.1, -0.05) is 6.92 Å². The molecule has 0 saturated heterocycles. The van der Waals surface area contributed by atoms with Gasteiger partial charge in [-0.05, 0) is 26.8 Å². The third kappa shape index (κ3) is 3.60. The maximum absolute atomic E-state index is 8.93. The molecule has 1 aromatic rings. The molecule has 5 heteroatoms. The van der Waals surface area contributed by atoms with Gasteiger partial charge in [0.1, 0.15) is 11.6 Å². The van der Waals surface area contributed by atoms with E-state index in [-0.39, 0.29) is 12.6 Å². The lowest BCUT2D eigenvalue weighted by atomic mass is 10.2. The van der Waals surface area contributed by atoms with Crippen molar-refractivity contribution in [1.82, 2.24) is 20.1 Å². The summed E-state index contributed by atoms with van der Waals surface area (Å²) in [5.41, 5.74) is 0. The molecule has 0 aliphatic rings. The summed E-state index contributed by atoms with van der Waals surface area (Å²) in [7, 11) is 0. The molecule has 1 rings (SSSR count). The summed E-state index contributed by atoms with van der Waals surface area (Å²) in [6.07, 6.45) is 0.742. The normalized spacial score (nSPS) is 13.1. The van der Waals surface area contributed by atoms with E-state index in [9.17, 15) is 0 Å². The van der Waals surface area contributed by atoms with Crippen LogP contribution in [0.25, 0.3) is 0 Å². The summed E-state index contributed by atoms with van der Waals surface area (Å²) < 4.78 is 1.89. The first kappa shape index (κ1) is 12.1. The first-order chi connectivity index (χ1) is 7.17. The Balaban J connectivity index is 2.60. The molecule has 0 aliphatic heterocycles. The van der Waals surface area contributed by atoms with Gasteiger partial charge >= 0.3 is 0 Å². The van der Waals surface area contributed by atoms with Gasteiger partial charge in [0.15, 0.2) is 0 Å². The Bertz CT molecular complexity index is 292. The highest BCUT2D eigenvalue weighted by Gasteiger charge is 2.10. The fourth-order valence-electron chi connectivity index (χ4n) is 1.65. The van der Waals surface area contributed by atoms with Crippen molar-refractivity contribution >= 4 is 0 Å². The number of aliphatic hydroxyl groups excluding tert-OH is 1. The molecule has 0 spiro atoms. The number of rotatable bonds is 6. The molecule has 5 nitrogen and oxygen atoms in total. The van der Waals surface area contributed by atoms with Gasteiger partial charge in [-0.25, -0.2) is 9.67 Å². The van der Waals surface area contributed by atoms with Crippen LogP contribution >= 0.6 is 0 Å².